The largest absolute Gasteiger partial charge is 0.386 e. The standard InChI is InChI=1S/C23H33N/c1-16(2)22-12-8-11-21(23(22)20-13-14-20)15-17(3)24-18(4)19-9-6-5-7-10-19/h8,11-12,17,19-20,24H,1,4-7,9-10,13-15H2,2-3H3. The predicted octanol–water partition coefficient (Wildman–Crippen LogP) is 6.21. The molecule has 2 aliphatic rings. The van der Waals surface area contributed by atoms with Crippen LogP contribution >= 0.6 is 0 Å². The zero-order valence-corrected chi connectivity index (χ0v) is 15.5. The molecule has 1 atom stereocenters. The third-order valence-electron chi connectivity index (χ3n) is 5.70. The van der Waals surface area contributed by atoms with Gasteiger partial charge in [-0.3, -0.25) is 0 Å². The van der Waals surface area contributed by atoms with E-state index in [-0.39, 0.29) is 0 Å². The third kappa shape index (κ3) is 4.12. The van der Waals surface area contributed by atoms with Crippen molar-refractivity contribution >= 4 is 5.57 Å². The van der Waals surface area contributed by atoms with Crippen molar-refractivity contribution in [3.63, 3.8) is 0 Å². The fourth-order valence-electron chi connectivity index (χ4n) is 4.28. The van der Waals surface area contributed by atoms with Crippen LogP contribution in [0, 0.1) is 5.92 Å². The van der Waals surface area contributed by atoms with Gasteiger partial charge in [0.05, 0.1) is 0 Å². The molecular formula is C23H33N. The van der Waals surface area contributed by atoms with E-state index < -0.39 is 0 Å². The van der Waals surface area contributed by atoms with Crippen LogP contribution in [0.5, 0.6) is 0 Å². The maximum Gasteiger partial charge on any atom is 0.0270 e. The van der Waals surface area contributed by atoms with E-state index in [0.29, 0.717) is 12.0 Å². The second-order valence-electron chi connectivity index (χ2n) is 8.04. The molecule has 1 nitrogen and oxygen atoms in total. The van der Waals surface area contributed by atoms with Gasteiger partial charge in [-0.25, -0.2) is 0 Å². The molecule has 0 bridgehead atoms. The average molecular weight is 324 g/mol. The van der Waals surface area contributed by atoms with Crippen molar-refractivity contribution in [3.05, 3.63) is 53.7 Å². The van der Waals surface area contributed by atoms with Crippen LogP contribution < -0.4 is 5.32 Å². The minimum absolute atomic E-state index is 0.442. The highest BCUT2D eigenvalue weighted by atomic mass is 14.9. The van der Waals surface area contributed by atoms with Crippen LogP contribution in [0.15, 0.2) is 37.1 Å². The van der Waals surface area contributed by atoms with Crippen molar-refractivity contribution in [1.82, 2.24) is 5.32 Å². The molecule has 0 amide bonds. The minimum Gasteiger partial charge on any atom is -0.386 e. The predicted molar refractivity (Wildman–Crippen MR) is 105 cm³/mol. The van der Waals surface area contributed by atoms with Gasteiger partial charge in [0, 0.05) is 11.7 Å². The lowest BCUT2D eigenvalue weighted by atomic mass is 9.86. The third-order valence-corrected chi connectivity index (χ3v) is 5.70. The molecule has 1 aromatic rings. The molecule has 0 aromatic heterocycles. The zero-order valence-electron chi connectivity index (χ0n) is 15.5. The Balaban J connectivity index is 1.67. The molecule has 0 spiro atoms. The Hall–Kier alpha value is -1.50. The molecule has 2 saturated carbocycles. The Bertz CT molecular complexity index is 602. The summed E-state index contributed by atoms with van der Waals surface area (Å²) in [6.45, 7) is 13.0. The van der Waals surface area contributed by atoms with E-state index in [1.807, 2.05) is 0 Å². The first kappa shape index (κ1) is 17.3. The normalized spacial score (nSPS) is 19.8. The first-order valence-electron chi connectivity index (χ1n) is 9.79. The highest BCUT2D eigenvalue weighted by Crippen LogP contribution is 2.45. The fraction of sp³-hybridized carbons (Fsp3) is 0.565. The smallest absolute Gasteiger partial charge is 0.0270 e. The van der Waals surface area contributed by atoms with Crippen molar-refractivity contribution in [3.8, 4) is 0 Å². The Morgan fingerprint density at radius 2 is 1.83 bits per heavy atom. The van der Waals surface area contributed by atoms with Gasteiger partial charge in [-0.1, -0.05) is 56.2 Å². The Kier molecular flexibility index (Phi) is 5.48. The summed E-state index contributed by atoms with van der Waals surface area (Å²) >= 11 is 0. The van der Waals surface area contributed by atoms with Crippen LogP contribution in [0.25, 0.3) is 5.57 Å². The SMILES string of the molecule is C=C(C)c1cccc(CC(C)NC(=C)C2CCCCC2)c1C1CC1. The van der Waals surface area contributed by atoms with E-state index in [2.05, 4.69) is 50.5 Å². The monoisotopic (exact) mass is 323 g/mol. The molecule has 130 valence electrons. The van der Waals surface area contributed by atoms with Crippen molar-refractivity contribution in [2.75, 3.05) is 0 Å². The molecule has 2 fully saturated rings. The molecule has 24 heavy (non-hydrogen) atoms. The van der Waals surface area contributed by atoms with Gasteiger partial charge in [-0.05, 0) is 74.5 Å². The van der Waals surface area contributed by atoms with E-state index in [1.54, 1.807) is 5.56 Å². The summed E-state index contributed by atoms with van der Waals surface area (Å²) in [6.07, 6.45) is 10.5. The number of allylic oxidation sites excluding steroid dienone is 2. The average Bonchev–Trinajstić information content (AvgIpc) is 3.40. The van der Waals surface area contributed by atoms with Crippen molar-refractivity contribution in [2.45, 2.75) is 77.2 Å². The fourth-order valence-corrected chi connectivity index (χ4v) is 4.28. The second kappa shape index (κ2) is 7.59. The first-order chi connectivity index (χ1) is 11.6. The van der Waals surface area contributed by atoms with E-state index in [4.69, 9.17) is 0 Å². The topological polar surface area (TPSA) is 12.0 Å². The summed E-state index contributed by atoms with van der Waals surface area (Å²) in [4.78, 5) is 0. The lowest BCUT2D eigenvalue weighted by Gasteiger charge is -2.28. The zero-order chi connectivity index (χ0) is 17.1. The van der Waals surface area contributed by atoms with Gasteiger partial charge < -0.3 is 5.32 Å². The lowest BCUT2D eigenvalue weighted by Crippen LogP contribution is -2.31. The summed E-state index contributed by atoms with van der Waals surface area (Å²) in [5.74, 6) is 1.45. The molecule has 3 rings (SSSR count). The maximum atomic E-state index is 4.35. The summed E-state index contributed by atoms with van der Waals surface area (Å²) < 4.78 is 0. The highest BCUT2D eigenvalue weighted by molar-refractivity contribution is 5.67. The van der Waals surface area contributed by atoms with Crippen molar-refractivity contribution in [1.29, 1.82) is 0 Å². The van der Waals surface area contributed by atoms with Crippen LogP contribution in [-0.4, -0.2) is 6.04 Å². The van der Waals surface area contributed by atoms with E-state index in [1.165, 1.54) is 67.3 Å². The number of nitrogens with one attached hydrogen (secondary N) is 1. The van der Waals surface area contributed by atoms with Crippen LogP contribution in [0.1, 0.15) is 81.4 Å². The molecule has 0 aliphatic heterocycles. The van der Waals surface area contributed by atoms with E-state index in [9.17, 15) is 0 Å². The van der Waals surface area contributed by atoms with Crippen molar-refractivity contribution < 1.29 is 0 Å². The van der Waals surface area contributed by atoms with Gasteiger partial charge in [-0.2, -0.15) is 0 Å². The Labute approximate surface area is 148 Å². The van der Waals surface area contributed by atoms with Gasteiger partial charge in [0.1, 0.15) is 0 Å². The minimum atomic E-state index is 0.442. The van der Waals surface area contributed by atoms with Crippen LogP contribution in [0.3, 0.4) is 0 Å². The maximum absolute atomic E-state index is 4.35. The van der Waals surface area contributed by atoms with Crippen LogP contribution in [0.2, 0.25) is 0 Å². The Morgan fingerprint density at radius 3 is 2.46 bits per heavy atom. The summed E-state index contributed by atoms with van der Waals surface area (Å²) in [6, 6.07) is 7.21. The summed E-state index contributed by atoms with van der Waals surface area (Å²) in [7, 11) is 0. The molecule has 1 aromatic carbocycles. The van der Waals surface area contributed by atoms with Gasteiger partial charge in [-0.15, -0.1) is 0 Å². The molecule has 1 N–H and O–H groups in total. The summed E-state index contributed by atoms with van der Waals surface area (Å²) in [5.41, 5.74) is 6.93. The molecule has 0 radical (unpaired) electrons. The number of hydrogen-bond donors (Lipinski definition) is 1. The van der Waals surface area contributed by atoms with Crippen LogP contribution in [0.4, 0.5) is 0 Å². The van der Waals surface area contributed by atoms with Gasteiger partial charge in [0.15, 0.2) is 0 Å². The summed E-state index contributed by atoms with van der Waals surface area (Å²) in [5, 5.41) is 3.72. The van der Waals surface area contributed by atoms with Gasteiger partial charge >= 0.3 is 0 Å². The molecule has 0 saturated heterocycles. The van der Waals surface area contributed by atoms with Crippen molar-refractivity contribution in [2.24, 2.45) is 5.92 Å². The number of rotatable bonds is 7. The quantitative estimate of drug-likeness (QED) is 0.629. The first-order valence-corrected chi connectivity index (χ1v) is 9.79. The second-order valence-corrected chi connectivity index (χ2v) is 8.04. The Morgan fingerprint density at radius 1 is 1.12 bits per heavy atom. The molecule has 0 heterocycles. The molecular weight excluding hydrogens is 290 g/mol. The lowest BCUT2D eigenvalue weighted by molar-refractivity contribution is 0.378. The van der Waals surface area contributed by atoms with E-state index >= 15 is 0 Å². The highest BCUT2D eigenvalue weighted by Gasteiger charge is 2.29. The van der Waals surface area contributed by atoms with E-state index in [0.717, 1.165) is 12.3 Å². The van der Waals surface area contributed by atoms with Gasteiger partial charge in [0.25, 0.3) is 0 Å². The molecule has 1 unspecified atom stereocenters. The molecule has 1 heteroatoms. The number of hydrogen-bond acceptors (Lipinski definition) is 1. The molecule has 2 aliphatic carbocycles. The van der Waals surface area contributed by atoms with Gasteiger partial charge in [0.2, 0.25) is 0 Å². The van der Waals surface area contributed by atoms with Crippen LogP contribution in [-0.2, 0) is 6.42 Å². The number of benzene rings is 1.